The van der Waals surface area contributed by atoms with E-state index in [4.69, 9.17) is 9.47 Å². The largest absolute Gasteiger partial charge is 0.492 e. The van der Waals surface area contributed by atoms with Crippen LogP contribution in [0.5, 0.6) is 11.8 Å². The summed E-state index contributed by atoms with van der Waals surface area (Å²) in [6, 6.07) is 0. The van der Waals surface area contributed by atoms with Crippen LogP contribution in [-0.4, -0.2) is 82.4 Å². The van der Waals surface area contributed by atoms with Gasteiger partial charge in [-0.15, -0.1) is 0 Å². The average Bonchev–Trinajstić information content (AvgIpc) is 2.88. The Hall–Kier alpha value is -5.02. The minimum absolute atomic E-state index is 0.000812. The number of nitrogens with zero attached hydrogens (tertiary/aromatic N) is 6. The van der Waals surface area contributed by atoms with Crippen LogP contribution in [0.1, 0.15) is 61.2 Å². The molecule has 16 heteroatoms. The van der Waals surface area contributed by atoms with Crippen molar-refractivity contribution in [2.75, 3.05) is 19.8 Å². The van der Waals surface area contributed by atoms with Gasteiger partial charge in [0.2, 0.25) is 11.8 Å². The second kappa shape index (κ2) is 12.4. The number of ether oxygens (including phenoxy) is 3. The monoisotopic (exact) mass is 574 g/mol. The quantitative estimate of drug-likeness (QED) is 0.328. The normalized spacial score (nSPS) is 12.6. The number of rotatable bonds is 4. The third-order valence-corrected chi connectivity index (χ3v) is 5.38. The molecule has 0 unspecified atom stereocenters. The summed E-state index contributed by atoms with van der Waals surface area (Å²) in [5.41, 5.74) is -2.82. The molecule has 1 amide bonds. The van der Waals surface area contributed by atoms with E-state index in [9.17, 15) is 34.2 Å². The highest BCUT2D eigenvalue weighted by Gasteiger charge is 2.30. The van der Waals surface area contributed by atoms with Gasteiger partial charge in [-0.05, 0) is 34.6 Å². The molecule has 3 aromatic rings. The van der Waals surface area contributed by atoms with Crippen LogP contribution >= 0.6 is 0 Å². The lowest BCUT2D eigenvalue weighted by Gasteiger charge is -2.31. The van der Waals surface area contributed by atoms with Crippen molar-refractivity contribution in [2.45, 2.75) is 53.3 Å². The van der Waals surface area contributed by atoms with Crippen molar-refractivity contribution in [3.05, 3.63) is 56.2 Å². The molecule has 0 atom stereocenters. The number of amides is 1. The molecule has 220 valence electrons. The van der Waals surface area contributed by atoms with E-state index in [1.54, 1.807) is 34.6 Å². The van der Waals surface area contributed by atoms with Crippen molar-refractivity contribution in [3.8, 4) is 11.8 Å². The molecule has 0 fully saturated rings. The fourth-order valence-corrected chi connectivity index (χ4v) is 3.64. The molecule has 0 spiro atoms. The smallest absolute Gasteiger partial charge is 0.410 e. The van der Waals surface area contributed by atoms with E-state index in [0.717, 1.165) is 4.40 Å². The van der Waals surface area contributed by atoms with Crippen LogP contribution in [0.15, 0.2) is 28.2 Å². The average molecular weight is 575 g/mol. The Kier molecular flexibility index (Phi) is 9.26. The van der Waals surface area contributed by atoms with E-state index in [1.165, 1.54) is 28.1 Å². The molecule has 16 nitrogen and oxygen atoms in total. The molecule has 0 aliphatic carbocycles. The molecule has 0 saturated carbocycles. The highest BCUT2D eigenvalue weighted by molar-refractivity contribution is 5.92. The van der Waals surface area contributed by atoms with Gasteiger partial charge in [0.05, 0.1) is 26.0 Å². The van der Waals surface area contributed by atoms with Crippen LogP contribution < -0.4 is 11.1 Å². The first-order valence-corrected chi connectivity index (χ1v) is 12.5. The topological polar surface area (TPSA) is 205 Å². The number of carbonyl (C=O) groups excluding carboxylic acids is 3. The fourth-order valence-electron chi connectivity index (χ4n) is 3.64. The van der Waals surface area contributed by atoms with Gasteiger partial charge in [0.25, 0.3) is 11.1 Å². The highest BCUT2D eigenvalue weighted by atomic mass is 16.6. The Bertz CT molecular complexity index is 1590. The van der Waals surface area contributed by atoms with Crippen molar-refractivity contribution in [1.82, 2.24) is 28.8 Å². The fraction of sp³-hybridized carbons (Fsp3) is 0.440. The molecule has 4 heterocycles. The first-order chi connectivity index (χ1) is 19.3. The molecular formula is C25H30N6O10. The van der Waals surface area contributed by atoms with E-state index < -0.39 is 57.6 Å². The number of aromatic nitrogens is 5. The Morgan fingerprint density at radius 3 is 2.10 bits per heavy atom. The van der Waals surface area contributed by atoms with Gasteiger partial charge in [-0.2, -0.15) is 9.97 Å². The summed E-state index contributed by atoms with van der Waals surface area (Å²) in [6.45, 7) is 9.02. The Labute approximate surface area is 232 Å². The van der Waals surface area contributed by atoms with Crippen LogP contribution in [0.4, 0.5) is 4.79 Å². The lowest BCUT2D eigenvalue weighted by Crippen LogP contribution is -2.45. The molecule has 2 N–H and O–H groups in total. The molecule has 41 heavy (non-hydrogen) atoms. The Morgan fingerprint density at radius 2 is 1.51 bits per heavy atom. The van der Waals surface area contributed by atoms with Crippen molar-refractivity contribution >= 4 is 23.7 Å². The number of esters is 2. The minimum Gasteiger partial charge on any atom is -0.492 e. The number of hydrogen-bond donors (Lipinski definition) is 2. The second-order valence-electron chi connectivity index (χ2n) is 9.45. The first-order valence-electron chi connectivity index (χ1n) is 12.5. The van der Waals surface area contributed by atoms with Gasteiger partial charge in [0.15, 0.2) is 16.8 Å². The number of hydrogen-bond acceptors (Lipinski definition) is 13. The van der Waals surface area contributed by atoms with E-state index in [0.29, 0.717) is 0 Å². The molecule has 4 rings (SSSR count). The predicted molar refractivity (Wildman–Crippen MR) is 140 cm³/mol. The van der Waals surface area contributed by atoms with E-state index >= 15 is 0 Å². The molecule has 0 aromatic carbocycles. The zero-order valence-corrected chi connectivity index (χ0v) is 23.1. The van der Waals surface area contributed by atoms with Gasteiger partial charge in [-0.25, -0.2) is 14.4 Å². The molecule has 0 bridgehead atoms. The number of fused-ring (bicyclic) bond motifs is 2. The Balaban J connectivity index is 0.000000239. The highest BCUT2D eigenvalue weighted by Crippen LogP contribution is 2.18. The van der Waals surface area contributed by atoms with E-state index in [2.05, 4.69) is 19.7 Å². The van der Waals surface area contributed by atoms with Crippen molar-refractivity contribution < 1.29 is 38.8 Å². The standard InChI is InChI=1S/C15H21N3O6.C10H9N3O4/c1-5-23-13(21)10-11(19)16-9-8-17(6-7-18(9)12(10)20)14(22)24-15(2,3)4;1-2-17-10(16)7-8(14)12-6-5-11-3-4-13(6)9(7)15/h19H,5-8H2,1-4H3;3-5,14H,2H2,1H3. The van der Waals surface area contributed by atoms with Crippen LogP contribution in [0.25, 0.3) is 5.65 Å². The van der Waals surface area contributed by atoms with Crippen LogP contribution in [0.3, 0.4) is 0 Å². The van der Waals surface area contributed by atoms with Crippen LogP contribution in [0.2, 0.25) is 0 Å². The summed E-state index contributed by atoms with van der Waals surface area (Å²) in [4.78, 5) is 72.4. The van der Waals surface area contributed by atoms with Gasteiger partial charge < -0.3 is 24.4 Å². The zero-order valence-electron chi connectivity index (χ0n) is 23.1. The summed E-state index contributed by atoms with van der Waals surface area (Å²) >= 11 is 0. The van der Waals surface area contributed by atoms with E-state index in [1.807, 2.05) is 0 Å². The van der Waals surface area contributed by atoms with Crippen LogP contribution in [0, 0.1) is 0 Å². The van der Waals surface area contributed by atoms with E-state index in [-0.39, 0.29) is 44.3 Å². The molecular weight excluding hydrogens is 544 g/mol. The maximum atomic E-state index is 12.4. The third-order valence-electron chi connectivity index (χ3n) is 5.38. The molecule has 1 aliphatic rings. The van der Waals surface area contributed by atoms with Crippen molar-refractivity contribution in [1.29, 1.82) is 0 Å². The number of aromatic hydroxyl groups is 2. The summed E-state index contributed by atoms with van der Waals surface area (Å²) in [5.74, 6) is -2.98. The molecule has 0 saturated heterocycles. The van der Waals surface area contributed by atoms with Crippen molar-refractivity contribution in [3.63, 3.8) is 0 Å². The Morgan fingerprint density at radius 1 is 0.927 bits per heavy atom. The van der Waals surface area contributed by atoms with Crippen LogP contribution in [-0.2, 0) is 27.3 Å². The van der Waals surface area contributed by atoms with Gasteiger partial charge in [0.1, 0.15) is 11.4 Å². The molecule has 3 aromatic heterocycles. The predicted octanol–water partition coefficient (Wildman–Crippen LogP) is 0.848. The molecule has 1 aliphatic heterocycles. The summed E-state index contributed by atoms with van der Waals surface area (Å²) in [5, 5.41) is 19.4. The number of carbonyl (C=O) groups is 3. The lowest BCUT2D eigenvalue weighted by atomic mass is 10.2. The summed E-state index contributed by atoms with van der Waals surface area (Å²) < 4.78 is 17.1. The first kappa shape index (κ1) is 30.5. The molecule has 0 radical (unpaired) electrons. The lowest BCUT2D eigenvalue weighted by molar-refractivity contribution is 0.0188. The summed E-state index contributed by atoms with van der Waals surface area (Å²) in [6.07, 6.45) is 3.50. The maximum Gasteiger partial charge on any atom is 0.410 e. The SMILES string of the molecule is CCOC(=O)c1c(O)nc2cnccn2c1=O.CCOC(=O)c1c(O)nc2n(c1=O)CCN(C(=O)OC(C)(C)C)C2. The summed E-state index contributed by atoms with van der Waals surface area (Å²) in [7, 11) is 0. The zero-order chi connectivity index (χ0) is 30.5. The minimum atomic E-state index is -0.919. The second-order valence-corrected chi connectivity index (χ2v) is 9.45. The van der Waals surface area contributed by atoms with Gasteiger partial charge >= 0.3 is 18.0 Å². The third kappa shape index (κ3) is 6.95. The van der Waals surface area contributed by atoms with Gasteiger partial charge in [-0.1, -0.05) is 0 Å². The van der Waals surface area contributed by atoms with Gasteiger partial charge in [0, 0.05) is 25.5 Å². The van der Waals surface area contributed by atoms with Gasteiger partial charge in [-0.3, -0.25) is 28.4 Å². The van der Waals surface area contributed by atoms with Crippen molar-refractivity contribution in [2.24, 2.45) is 0 Å². The maximum absolute atomic E-state index is 12.4.